The third kappa shape index (κ3) is 3.94. The number of nitrogens with zero attached hydrogens (tertiary/aromatic N) is 2. The first kappa shape index (κ1) is 21.4. The number of urea groups is 1. The summed E-state index contributed by atoms with van der Waals surface area (Å²) in [5.74, 6) is -0.607. The van der Waals surface area contributed by atoms with Crippen LogP contribution in [0.5, 0.6) is 0 Å². The van der Waals surface area contributed by atoms with Crippen LogP contribution in [0.3, 0.4) is 0 Å². The van der Waals surface area contributed by atoms with Gasteiger partial charge in [0.25, 0.3) is 5.91 Å². The Hall–Kier alpha value is -3.42. The normalized spacial score (nSPS) is 22.4. The van der Waals surface area contributed by atoms with Crippen LogP contribution in [0, 0.1) is 11.7 Å². The molecule has 8 heteroatoms. The number of rotatable bonds is 6. The van der Waals surface area contributed by atoms with E-state index in [0.717, 1.165) is 34.4 Å². The van der Waals surface area contributed by atoms with Gasteiger partial charge < -0.3 is 16.0 Å². The Morgan fingerprint density at radius 2 is 1.88 bits per heavy atom. The van der Waals surface area contributed by atoms with E-state index in [0.29, 0.717) is 31.0 Å². The molecule has 2 aromatic rings. The van der Waals surface area contributed by atoms with Crippen molar-refractivity contribution in [3.8, 4) is 0 Å². The predicted molar refractivity (Wildman–Crippen MR) is 120 cm³/mol. The van der Waals surface area contributed by atoms with Gasteiger partial charge in [0.15, 0.2) is 0 Å². The van der Waals surface area contributed by atoms with Gasteiger partial charge in [-0.25, -0.2) is 9.18 Å². The van der Waals surface area contributed by atoms with Gasteiger partial charge in [0.2, 0.25) is 5.91 Å². The Morgan fingerprint density at radius 1 is 1.18 bits per heavy atom. The van der Waals surface area contributed by atoms with Crippen LogP contribution in [0.15, 0.2) is 42.5 Å². The van der Waals surface area contributed by atoms with E-state index in [4.69, 9.17) is 5.73 Å². The average molecular weight is 451 g/mol. The highest BCUT2D eigenvalue weighted by Crippen LogP contribution is 2.37. The molecule has 0 radical (unpaired) electrons. The Kier molecular flexibility index (Phi) is 5.11. The molecular formula is C25H27FN4O3. The molecule has 1 aliphatic heterocycles. The molecule has 1 heterocycles. The fraction of sp³-hybridized carbons (Fsp3) is 0.400. The fourth-order valence-electron chi connectivity index (χ4n) is 5.06. The minimum absolute atomic E-state index is 0.0315. The topological polar surface area (TPSA) is 95.7 Å². The number of halogens is 1. The maximum absolute atomic E-state index is 13.4. The van der Waals surface area contributed by atoms with Crippen LogP contribution < -0.4 is 11.1 Å². The van der Waals surface area contributed by atoms with Crippen LogP contribution in [-0.2, 0) is 29.0 Å². The Labute approximate surface area is 191 Å². The highest BCUT2D eigenvalue weighted by Gasteiger charge is 2.54. The fourth-order valence-corrected chi connectivity index (χ4v) is 5.06. The number of nitrogens with one attached hydrogen (secondary N) is 1. The summed E-state index contributed by atoms with van der Waals surface area (Å²) in [6, 6.07) is 11.0. The van der Waals surface area contributed by atoms with Gasteiger partial charge in [-0.1, -0.05) is 18.2 Å². The number of anilines is 1. The molecule has 1 unspecified atom stereocenters. The molecule has 0 aromatic heterocycles. The van der Waals surface area contributed by atoms with Gasteiger partial charge in [-0.3, -0.25) is 14.5 Å². The number of amides is 4. The van der Waals surface area contributed by atoms with E-state index in [-0.39, 0.29) is 30.2 Å². The first-order valence-electron chi connectivity index (χ1n) is 11.3. The largest absolute Gasteiger partial charge is 0.399 e. The molecule has 2 atom stereocenters. The smallest absolute Gasteiger partial charge is 0.325 e. The summed E-state index contributed by atoms with van der Waals surface area (Å²) in [5.41, 5.74) is 8.16. The summed E-state index contributed by atoms with van der Waals surface area (Å²) in [4.78, 5) is 42.3. The zero-order chi connectivity index (χ0) is 23.3. The Bertz CT molecular complexity index is 1130. The van der Waals surface area contributed by atoms with E-state index < -0.39 is 11.6 Å². The number of nitrogens with two attached hydrogens (primary N) is 1. The van der Waals surface area contributed by atoms with Crippen LogP contribution in [0.25, 0.3) is 0 Å². The minimum Gasteiger partial charge on any atom is -0.399 e. The molecule has 7 nitrogen and oxygen atoms in total. The first-order valence-corrected chi connectivity index (χ1v) is 11.3. The van der Waals surface area contributed by atoms with Crippen LogP contribution >= 0.6 is 0 Å². The highest BCUT2D eigenvalue weighted by molar-refractivity contribution is 6.09. The van der Waals surface area contributed by atoms with Crippen molar-refractivity contribution in [2.24, 2.45) is 5.92 Å². The molecule has 2 aliphatic carbocycles. The van der Waals surface area contributed by atoms with E-state index in [1.165, 1.54) is 12.1 Å². The summed E-state index contributed by atoms with van der Waals surface area (Å²) < 4.78 is 13.3. The van der Waals surface area contributed by atoms with E-state index in [1.807, 2.05) is 19.1 Å². The number of benzene rings is 2. The molecule has 2 fully saturated rings. The third-order valence-corrected chi connectivity index (χ3v) is 7.14. The van der Waals surface area contributed by atoms with E-state index >= 15 is 0 Å². The molecule has 3 N–H and O–H groups in total. The highest BCUT2D eigenvalue weighted by atomic mass is 19.1. The number of carbonyl (C=O) groups is 3. The second kappa shape index (κ2) is 7.86. The molecule has 5 rings (SSSR count). The molecule has 1 spiro atoms. The monoisotopic (exact) mass is 450 g/mol. The van der Waals surface area contributed by atoms with Crippen molar-refractivity contribution in [3.05, 3.63) is 65.0 Å². The van der Waals surface area contributed by atoms with Crippen LogP contribution in [0.4, 0.5) is 14.9 Å². The van der Waals surface area contributed by atoms with E-state index in [1.54, 1.807) is 23.1 Å². The lowest BCUT2D eigenvalue weighted by Gasteiger charge is -2.31. The number of carbonyl (C=O) groups excluding carboxylic acids is 3. The molecule has 172 valence electrons. The maximum Gasteiger partial charge on any atom is 0.325 e. The van der Waals surface area contributed by atoms with Crippen molar-refractivity contribution < 1.29 is 18.8 Å². The van der Waals surface area contributed by atoms with Gasteiger partial charge in [-0.05, 0) is 66.6 Å². The summed E-state index contributed by atoms with van der Waals surface area (Å²) in [5, 5.41) is 2.84. The molecule has 3 aliphatic rings. The third-order valence-electron chi connectivity index (χ3n) is 7.14. The molecule has 1 saturated heterocycles. The Morgan fingerprint density at radius 3 is 2.58 bits per heavy atom. The van der Waals surface area contributed by atoms with Crippen molar-refractivity contribution in [2.75, 3.05) is 12.3 Å². The van der Waals surface area contributed by atoms with Crippen LogP contribution in [0.1, 0.15) is 36.5 Å². The molecule has 4 amide bonds. The van der Waals surface area contributed by atoms with Gasteiger partial charge in [-0.15, -0.1) is 0 Å². The number of hydrogen-bond acceptors (Lipinski definition) is 4. The van der Waals surface area contributed by atoms with E-state index in [2.05, 4.69) is 5.32 Å². The molecule has 33 heavy (non-hydrogen) atoms. The Balaban J connectivity index is 1.33. The zero-order valence-electron chi connectivity index (χ0n) is 18.5. The quantitative estimate of drug-likeness (QED) is 0.522. The van der Waals surface area contributed by atoms with Crippen molar-refractivity contribution in [1.29, 1.82) is 0 Å². The number of nitrogen functional groups attached to an aromatic ring is 1. The van der Waals surface area contributed by atoms with Crippen molar-refractivity contribution >= 4 is 23.5 Å². The summed E-state index contributed by atoms with van der Waals surface area (Å²) in [6.07, 6.45) is 2.83. The molecular weight excluding hydrogens is 423 g/mol. The molecule has 1 saturated carbocycles. The van der Waals surface area contributed by atoms with Crippen molar-refractivity contribution in [2.45, 2.75) is 50.7 Å². The predicted octanol–water partition coefficient (Wildman–Crippen LogP) is 2.62. The lowest BCUT2D eigenvalue weighted by molar-refractivity contribution is -0.140. The van der Waals surface area contributed by atoms with Gasteiger partial charge in [0, 0.05) is 31.1 Å². The number of hydrogen-bond donors (Lipinski definition) is 2. The second-order valence-corrected chi connectivity index (χ2v) is 9.51. The standard InChI is InChI=1S/C25H27FN4O3/c1-15(17-4-5-17)29(13-16-2-7-20(26)8-3-16)22(31)14-30-23(32)25(28-24(30)33)11-18-6-9-21(27)10-19(18)12-25/h2-3,6-10,15,17H,4-5,11-14,27H2,1H3,(H,28,33)/t15-,25?/m0/s1. The van der Waals surface area contributed by atoms with Crippen LogP contribution in [-0.4, -0.2) is 45.8 Å². The number of imide groups is 1. The lowest BCUT2D eigenvalue weighted by atomic mass is 9.96. The van der Waals surface area contributed by atoms with Gasteiger partial charge >= 0.3 is 6.03 Å². The summed E-state index contributed by atoms with van der Waals surface area (Å²) in [6.45, 7) is 1.98. The SMILES string of the molecule is C[C@@H](C1CC1)N(Cc1ccc(F)cc1)C(=O)CN1C(=O)NC2(Cc3ccc(N)cc3C2)C1=O. The molecule has 2 aromatic carbocycles. The number of fused-ring (bicyclic) bond motifs is 1. The van der Waals surface area contributed by atoms with Gasteiger partial charge in [0.1, 0.15) is 17.9 Å². The minimum atomic E-state index is -1.06. The van der Waals surface area contributed by atoms with E-state index in [9.17, 15) is 18.8 Å². The summed E-state index contributed by atoms with van der Waals surface area (Å²) >= 11 is 0. The summed E-state index contributed by atoms with van der Waals surface area (Å²) in [7, 11) is 0. The van der Waals surface area contributed by atoms with Gasteiger partial charge in [0.05, 0.1) is 0 Å². The van der Waals surface area contributed by atoms with Crippen molar-refractivity contribution in [3.63, 3.8) is 0 Å². The zero-order valence-corrected chi connectivity index (χ0v) is 18.5. The average Bonchev–Trinajstić information content (AvgIpc) is 3.53. The maximum atomic E-state index is 13.4. The van der Waals surface area contributed by atoms with Crippen LogP contribution in [0.2, 0.25) is 0 Å². The lowest BCUT2D eigenvalue weighted by Crippen LogP contribution is -2.49. The second-order valence-electron chi connectivity index (χ2n) is 9.51. The first-order chi connectivity index (χ1) is 15.8. The molecule has 0 bridgehead atoms. The van der Waals surface area contributed by atoms with Crippen molar-refractivity contribution in [1.82, 2.24) is 15.1 Å². The van der Waals surface area contributed by atoms with Gasteiger partial charge in [-0.2, -0.15) is 0 Å².